The highest BCUT2D eigenvalue weighted by Gasteiger charge is 2.22. The highest BCUT2D eigenvalue weighted by molar-refractivity contribution is 7.20. The molecule has 1 aromatic carbocycles. The summed E-state index contributed by atoms with van der Waals surface area (Å²) in [5.74, 6) is -0.173. The zero-order chi connectivity index (χ0) is 14.7. The molecule has 0 spiro atoms. The molecule has 0 atom stereocenters. The maximum Gasteiger partial charge on any atom is 0.335 e. The second kappa shape index (κ2) is 6.22. The Labute approximate surface area is 126 Å². The third-order valence-electron chi connectivity index (χ3n) is 3.71. The molecule has 110 valence electrons. The number of benzene rings is 1. The normalized spacial score (nSPS) is 15.8. The molecule has 1 aliphatic carbocycles. The lowest BCUT2D eigenvalue weighted by Crippen LogP contribution is -2.22. The van der Waals surface area contributed by atoms with Gasteiger partial charge in [-0.05, 0) is 31.0 Å². The first-order chi connectivity index (χ1) is 10.3. The van der Waals surface area contributed by atoms with Crippen molar-refractivity contribution in [2.45, 2.75) is 32.1 Å². The Morgan fingerprint density at radius 2 is 2.14 bits per heavy atom. The van der Waals surface area contributed by atoms with Gasteiger partial charge in [-0.25, -0.2) is 15.3 Å². The van der Waals surface area contributed by atoms with E-state index in [-0.39, 0.29) is 11.9 Å². The molecule has 0 bridgehead atoms. The molecule has 0 saturated heterocycles. The van der Waals surface area contributed by atoms with Crippen molar-refractivity contribution in [3.05, 3.63) is 23.2 Å². The number of nitrogens with zero attached hydrogens (tertiary/aromatic N) is 1. The molecule has 0 unspecified atom stereocenters. The Hall–Kier alpha value is -1.95. The van der Waals surface area contributed by atoms with E-state index in [1.165, 1.54) is 17.8 Å². The smallest absolute Gasteiger partial charge is 0.335 e. The van der Waals surface area contributed by atoms with E-state index in [4.69, 9.17) is 4.84 Å². The monoisotopic (exact) mass is 304 g/mol. The number of carbonyl (C=O) groups excluding carboxylic acids is 2. The van der Waals surface area contributed by atoms with E-state index >= 15 is 0 Å². The lowest BCUT2D eigenvalue weighted by atomic mass is 9.89. The van der Waals surface area contributed by atoms with Gasteiger partial charge in [-0.2, -0.15) is 0 Å². The molecule has 1 N–H and O–H groups in total. The summed E-state index contributed by atoms with van der Waals surface area (Å²) in [4.78, 5) is 32.0. The van der Waals surface area contributed by atoms with Crippen LogP contribution in [-0.2, 0) is 9.63 Å². The van der Waals surface area contributed by atoms with E-state index < -0.39 is 0 Å². The fourth-order valence-corrected chi connectivity index (χ4v) is 3.41. The van der Waals surface area contributed by atoms with Gasteiger partial charge in [0.2, 0.25) is 0 Å². The summed E-state index contributed by atoms with van der Waals surface area (Å²) in [6.45, 7) is 0. The predicted molar refractivity (Wildman–Crippen MR) is 81.3 cm³/mol. The van der Waals surface area contributed by atoms with Crippen molar-refractivity contribution in [2.75, 3.05) is 5.48 Å². The molecule has 0 amide bonds. The molecule has 5 nitrogen and oxygen atoms in total. The first-order valence-electron chi connectivity index (χ1n) is 7.09. The molecule has 1 aliphatic rings. The average Bonchev–Trinajstić information content (AvgIpc) is 2.95. The van der Waals surface area contributed by atoms with Crippen LogP contribution in [0.15, 0.2) is 18.2 Å². The zero-order valence-corrected chi connectivity index (χ0v) is 12.3. The van der Waals surface area contributed by atoms with Crippen LogP contribution in [0.3, 0.4) is 0 Å². The van der Waals surface area contributed by atoms with Gasteiger partial charge in [-0.1, -0.05) is 19.3 Å². The Kier molecular flexibility index (Phi) is 4.15. The summed E-state index contributed by atoms with van der Waals surface area (Å²) in [7, 11) is 0. The van der Waals surface area contributed by atoms with Gasteiger partial charge in [0.25, 0.3) is 0 Å². The number of fused-ring (bicyclic) bond motifs is 1. The standard InChI is InChI=1S/C15H16N2O3S/c18-9-14-16-12-7-6-11(8-13(12)21-14)17-20-15(19)10-4-2-1-3-5-10/h6-10,17H,1-5H2. The van der Waals surface area contributed by atoms with E-state index in [2.05, 4.69) is 10.5 Å². The van der Waals surface area contributed by atoms with Crippen LogP contribution in [0.4, 0.5) is 5.69 Å². The lowest BCUT2D eigenvalue weighted by Gasteiger charge is -2.19. The van der Waals surface area contributed by atoms with Crippen molar-refractivity contribution in [3.63, 3.8) is 0 Å². The molecule has 0 radical (unpaired) electrons. The van der Waals surface area contributed by atoms with E-state index in [0.29, 0.717) is 10.7 Å². The van der Waals surface area contributed by atoms with Crippen molar-refractivity contribution in [2.24, 2.45) is 5.92 Å². The number of carbonyl (C=O) groups is 2. The van der Waals surface area contributed by atoms with E-state index in [1.54, 1.807) is 12.1 Å². The molecule has 6 heteroatoms. The number of anilines is 1. The quantitative estimate of drug-likeness (QED) is 0.691. The van der Waals surface area contributed by atoms with E-state index in [1.807, 2.05) is 6.07 Å². The van der Waals surface area contributed by atoms with Crippen molar-refractivity contribution in [1.82, 2.24) is 4.98 Å². The maximum absolute atomic E-state index is 11.9. The maximum atomic E-state index is 11.9. The van der Waals surface area contributed by atoms with Crippen LogP contribution in [0.25, 0.3) is 10.2 Å². The molecule has 21 heavy (non-hydrogen) atoms. The number of hydrogen-bond acceptors (Lipinski definition) is 6. The first kappa shape index (κ1) is 14.0. The minimum absolute atomic E-state index is 0.0139. The van der Waals surface area contributed by atoms with Crippen LogP contribution >= 0.6 is 11.3 Å². The van der Waals surface area contributed by atoms with Crippen molar-refractivity contribution in [3.8, 4) is 0 Å². The predicted octanol–water partition coefficient (Wildman–Crippen LogP) is 3.56. The van der Waals surface area contributed by atoms with Gasteiger partial charge >= 0.3 is 5.97 Å². The third kappa shape index (κ3) is 3.21. The molecule has 0 aliphatic heterocycles. The highest BCUT2D eigenvalue weighted by Crippen LogP contribution is 2.26. The Bertz CT molecular complexity index is 662. The van der Waals surface area contributed by atoms with Crippen molar-refractivity contribution in [1.29, 1.82) is 0 Å². The first-order valence-corrected chi connectivity index (χ1v) is 7.90. The minimum Gasteiger partial charge on any atom is -0.343 e. The van der Waals surface area contributed by atoms with Gasteiger partial charge in [-0.15, -0.1) is 11.3 Å². The van der Waals surface area contributed by atoms with Crippen LogP contribution in [0.1, 0.15) is 41.9 Å². The van der Waals surface area contributed by atoms with Gasteiger partial charge in [0.05, 0.1) is 21.8 Å². The van der Waals surface area contributed by atoms with Crippen molar-refractivity contribution < 1.29 is 14.4 Å². The third-order valence-corrected chi connectivity index (χ3v) is 4.66. The number of thiazole rings is 1. The lowest BCUT2D eigenvalue weighted by molar-refractivity contribution is -0.146. The Balaban J connectivity index is 1.64. The van der Waals surface area contributed by atoms with Gasteiger partial charge in [0.1, 0.15) is 0 Å². The number of aldehydes is 1. The van der Waals surface area contributed by atoms with Crippen LogP contribution in [0.2, 0.25) is 0 Å². The van der Waals surface area contributed by atoms with Crippen molar-refractivity contribution >= 4 is 39.5 Å². The fourth-order valence-electron chi connectivity index (χ4n) is 2.59. The number of nitrogens with one attached hydrogen (secondary N) is 1. The van der Waals surface area contributed by atoms with Crippen LogP contribution < -0.4 is 5.48 Å². The van der Waals surface area contributed by atoms with Gasteiger partial charge in [0, 0.05) is 0 Å². The molecule has 1 heterocycles. The summed E-state index contributed by atoms with van der Waals surface area (Å²) in [6, 6.07) is 5.41. The number of hydrogen-bond donors (Lipinski definition) is 1. The van der Waals surface area contributed by atoms with E-state index in [0.717, 1.165) is 42.2 Å². The molecule has 1 saturated carbocycles. The van der Waals surface area contributed by atoms with Gasteiger partial charge < -0.3 is 4.84 Å². The van der Waals surface area contributed by atoms with Crippen LogP contribution in [0, 0.1) is 5.92 Å². The number of aromatic nitrogens is 1. The Morgan fingerprint density at radius 1 is 1.33 bits per heavy atom. The van der Waals surface area contributed by atoms with E-state index in [9.17, 15) is 9.59 Å². The average molecular weight is 304 g/mol. The molecule has 1 aromatic heterocycles. The summed E-state index contributed by atoms with van der Waals surface area (Å²) in [5.41, 5.74) is 4.16. The SMILES string of the molecule is O=Cc1nc2ccc(NOC(=O)C3CCCCC3)cc2s1. The minimum atomic E-state index is -0.187. The molecule has 2 aromatic rings. The van der Waals surface area contributed by atoms with Crippen LogP contribution in [0.5, 0.6) is 0 Å². The highest BCUT2D eigenvalue weighted by atomic mass is 32.1. The Morgan fingerprint density at radius 3 is 2.90 bits per heavy atom. The second-order valence-corrected chi connectivity index (χ2v) is 6.27. The molecular formula is C15H16N2O3S. The van der Waals surface area contributed by atoms with Gasteiger partial charge in [-0.3, -0.25) is 4.79 Å². The zero-order valence-electron chi connectivity index (χ0n) is 11.5. The summed E-state index contributed by atoms with van der Waals surface area (Å²) in [5, 5.41) is 0.446. The largest absolute Gasteiger partial charge is 0.343 e. The molecule has 1 fully saturated rings. The molecule has 3 rings (SSSR count). The summed E-state index contributed by atoms with van der Waals surface area (Å²) < 4.78 is 0.885. The summed E-state index contributed by atoms with van der Waals surface area (Å²) in [6.07, 6.45) is 5.97. The van der Waals surface area contributed by atoms with Crippen LogP contribution in [-0.4, -0.2) is 17.2 Å². The molecular weight excluding hydrogens is 288 g/mol. The fraction of sp³-hybridized carbons (Fsp3) is 0.400. The summed E-state index contributed by atoms with van der Waals surface area (Å²) >= 11 is 1.31. The second-order valence-electron chi connectivity index (χ2n) is 5.21. The number of rotatable bonds is 4. The topological polar surface area (TPSA) is 68.3 Å². The van der Waals surface area contributed by atoms with Gasteiger partial charge in [0.15, 0.2) is 11.3 Å².